The molecule has 0 aliphatic carbocycles. The van der Waals surface area contributed by atoms with Crippen LogP contribution in [0.3, 0.4) is 0 Å². The smallest absolute Gasteiger partial charge is 0.0209 e. The van der Waals surface area contributed by atoms with Crippen LogP contribution in [-0.2, 0) is 0 Å². The summed E-state index contributed by atoms with van der Waals surface area (Å²) in [7, 11) is 0. The van der Waals surface area contributed by atoms with Gasteiger partial charge < -0.3 is 0 Å². The van der Waals surface area contributed by atoms with Crippen molar-refractivity contribution >= 4 is 27.3 Å². The first-order valence-electron chi connectivity index (χ1n) is 2.56. The maximum absolute atomic E-state index is 3.43. The zero-order valence-electron chi connectivity index (χ0n) is 5.09. The lowest BCUT2D eigenvalue weighted by Crippen LogP contribution is -1.43. The van der Waals surface area contributed by atoms with Crippen LogP contribution < -0.4 is 0 Å². The van der Waals surface area contributed by atoms with Crippen molar-refractivity contribution in [3.05, 3.63) is 35.5 Å². The van der Waals surface area contributed by atoms with Crippen LogP contribution >= 0.6 is 27.3 Å². The van der Waals surface area contributed by atoms with Gasteiger partial charge in [0.15, 0.2) is 0 Å². The van der Waals surface area contributed by atoms with E-state index in [-0.39, 0.29) is 0 Å². The number of thiophene rings is 1. The molecule has 1 rings (SSSR count). The minimum atomic E-state index is 0.896. The van der Waals surface area contributed by atoms with E-state index in [1.54, 1.807) is 17.4 Å². The molecule has 0 N–H and O–H groups in total. The van der Waals surface area contributed by atoms with Crippen molar-refractivity contribution in [3.63, 3.8) is 0 Å². The molecule has 0 aliphatic rings. The van der Waals surface area contributed by atoms with Gasteiger partial charge in [-0.05, 0) is 10.8 Å². The van der Waals surface area contributed by atoms with Gasteiger partial charge in [0, 0.05) is 5.33 Å². The third kappa shape index (κ3) is 7.92. The lowest BCUT2D eigenvalue weighted by molar-refractivity contribution is 1.87. The van der Waals surface area contributed by atoms with Crippen LogP contribution in [-0.4, -0.2) is 5.33 Å². The lowest BCUT2D eigenvalue weighted by Gasteiger charge is -1.55. The van der Waals surface area contributed by atoms with E-state index < -0.39 is 0 Å². The van der Waals surface area contributed by atoms with Crippen molar-refractivity contribution in [3.8, 4) is 0 Å². The van der Waals surface area contributed by atoms with Crippen LogP contribution in [0.4, 0.5) is 0 Å². The van der Waals surface area contributed by atoms with Crippen LogP contribution in [0.1, 0.15) is 0 Å². The van der Waals surface area contributed by atoms with Crippen LogP contribution in [0.25, 0.3) is 0 Å². The Hall–Kier alpha value is -0.0800. The van der Waals surface area contributed by atoms with Crippen LogP contribution in [0.2, 0.25) is 0 Å². The molecular weight excluding hydrogens is 196 g/mol. The summed E-state index contributed by atoms with van der Waals surface area (Å²) in [6.07, 6.45) is 1.79. The van der Waals surface area contributed by atoms with Crippen LogP contribution in [0.5, 0.6) is 0 Å². The highest BCUT2D eigenvalue weighted by molar-refractivity contribution is 9.09. The minimum Gasteiger partial charge on any atom is -0.152 e. The van der Waals surface area contributed by atoms with Gasteiger partial charge in [0.1, 0.15) is 0 Å². The second kappa shape index (κ2) is 7.92. The van der Waals surface area contributed by atoms with Crippen molar-refractivity contribution < 1.29 is 0 Å². The fourth-order valence-corrected chi connectivity index (χ4v) is 0.680. The first-order chi connectivity index (χ1) is 4.41. The highest BCUT2D eigenvalue weighted by atomic mass is 79.9. The number of rotatable bonds is 1. The molecule has 0 fully saturated rings. The number of allylic oxidation sites excluding steroid dienone is 1. The highest BCUT2D eigenvalue weighted by Gasteiger charge is 1.58. The Morgan fingerprint density at radius 3 is 2.00 bits per heavy atom. The monoisotopic (exact) mass is 204 g/mol. The van der Waals surface area contributed by atoms with Gasteiger partial charge in [-0.3, -0.25) is 0 Å². The summed E-state index contributed by atoms with van der Waals surface area (Å²) in [5.41, 5.74) is 0. The van der Waals surface area contributed by atoms with Crippen LogP contribution in [0, 0.1) is 0 Å². The Morgan fingerprint density at radius 2 is 1.89 bits per heavy atom. The van der Waals surface area contributed by atoms with Gasteiger partial charge in [-0.1, -0.05) is 34.1 Å². The molecule has 0 saturated carbocycles. The molecule has 1 aromatic heterocycles. The summed E-state index contributed by atoms with van der Waals surface area (Å²) in [6, 6.07) is 4.04. The molecule has 2 heteroatoms. The molecule has 0 aromatic carbocycles. The molecule has 0 bridgehead atoms. The molecule has 0 unspecified atom stereocenters. The van der Waals surface area contributed by atoms with E-state index in [2.05, 4.69) is 22.5 Å². The number of alkyl halides is 1. The van der Waals surface area contributed by atoms with E-state index in [1.165, 1.54) is 0 Å². The maximum atomic E-state index is 3.43. The fraction of sp³-hybridized carbons (Fsp3) is 0.143. The van der Waals surface area contributed by atoms with Crippen LogP contribution in [0.15, 0.2) is 35.5 Å². The van der Waals surface area contributed by atoms with E-state index in [1.807, 2.05) is 22.9 Å². The van der Waals surface area contributed by atoms with E-state index >= 15 is 0 Å². The van der Waals surface area contributed by atoms with Gasteiger partial charge in [0.2, 0.25) is 0 Å². The molecule has 0 radical (unpaired) electrons. The van der Waals surface area contributed by atoms with Gasteiger partial charge in [-0.2, -0.15) is 11.3 Å². The molecule has 0 nitrogen and oxygen atoms in total. The summed E-state index contributed by atoms with van der Waals surface area (Å²) < 4.78 is 0. The van der Waals surface area contributed by atoms with Crippen molar-refractivity contribution in [2.45, 2.75) is 0 Å². The molecular formula is C7H9BrS. The molecule has 1 heterocycles. The third-order valence-electron chi connectivity index (χ3n) is 0.534. The molecule has 1 aromatic rings. The molecule has 0 spiro atoms. The topological polar surface area (TPSA) is 0 Å². The Balaban J connectivity index is 0.000000148. The number of hydrogen-bond acceptors (Lipinski definition) is 1. The fourth-order valence-electron chi connectivity index (χ4n) is 0.227. The Morgan fingerprint density at radius 1 is 1.44 bits per heavy atom. The normalized spacial score (nSPS) is 7.22. The van der Waals surface area contributed by atoms with Gasteiger partial charge >= 0.3 is 0 Å². The Kier molecular flexibility index (Phi) is 7.85. The molecule has 0 aliphatic heterocycles. The summed E-state index contributed by atoms with van der Waals surface area (Å²) in [5.74, 6) is 0. The molecule has 0 atom stereocenters. The van der Waals surface area contributed by atoms with Crippen molar-refractivity contribution in [1.82, 2.24) is 0 Å². The summed E-state index contributed by atoms with van der Waals surface area (Å²) in [6.45, 7) is 3.43. The first kappa shape index (κ1) is 8.92. The van der Waals surface area contributed by atoms with Gasteiger partial charge in [-0.15, -0.1) is 6.58 Å². The third-order valence-corrected chi connectivity index (χ3v) is 1.62. The van der Waals surface area contributed by atoms with Gasteiger partial charge in [0.05, 0.1) is 0 Å². The average Bonchev–Trinajstić information content (AvgIpc) is 2.43. The molecule has 9 heavy (non-hydrogen) atoms. The minimum absolute atomic E-state index is 0.896. The second-order valence-corrected chi connectivity index (χ2v) is 2.70. The predicted molar refractivity (Wildman–Crippen MR) is 48.3 cm³/mol. The summed E-state index contributed by atoms with van der Waals surface area (Å²) >= 11 is 4.84. The van der Waals surface area contributed by atoms with Crippen molar-refractivity contribution in [2.24, 2.45) is 0 Å². The molecule has 0 amide bonds. The predicted octanol–water partition coefficient (Wildman–Crippen LogP) is 3.32. The van der Waals surface area contributed by atoms with E-state index in [4.69, 9.17) is 0 Å². The zero-order chi connectivity index (χ0) is 6.95. The number of hydrogen-bond donors (Lipinski definition) is 0. The first-order valence-corrected chi connectivity index (χ1v) is 4.62. The molecule has 50 valence electrons. The lowest BCUT2D eigenvalue weighted by atomic mass is 10.7. The summed E-state index contributed by atoms with van der Waals surface area (Å²) in [5, 5.41) is 4.98. The SMILES string of the molecule is C=CCBr.c1ccsc1. The quantitative estimate of drug-likeness (QED) is 0.487. The van der Waals surface area contributed by atoms with Crippen molar-refractivity contribution in [2.75, 3.05) is 5.33 Å². The number of halogens is 1. The van der Waals surface area contributed by atoms with Gasteiger partial charge in [-0.25, -0.2) is 0 Å². The van der Waals surface area contributed by atoms with E-state index in [0.29, 0.717) is 0 Å². The average molecular weight is 205 g/mol. The Labute approximate surface area is 68.4 Å². The largest absolute Gasteiger partial charge is 0.152 e. The molecule has 0 saturated heterocycles. The standard InChI is InChI=1S/C4H4S.C3H5Br/c1-2-4-5-3-1;1-2-3-4/h1-4H;2H,1,3H2. The summed E-state index contributed by atoms with van der Waals surface area (Å²) in [4.78, 5) is 0. The highest BCUT2D eigenvalue weighted by Crippen LogP contribution is 1.91. The van der Waals surface area contributed by atoms with Crippen molar-refractivity contribution in [1.29, 1.82) is 0 Å². The van der Waals surface area contributed by atoms with E-state index in [9.17, 15) is 0 Å². The van der Waals surface area contributed by atoms with Gasteiger partial charge in [0.25, 0.3) is 0 Å². The maximum Gasteiger partial charge on any atom is 0.0209 e. The second-order valence-electron chi connectivity index (χ2n) is 1.24. The zero-order valence-corrected chi connectivity index (χ0v) is 7.49. The Bertz CT molecular complexity index is 106. The van der Waals surface area contributed by atoms with E-state index in [0.717, 1.165) is 5.33 Å².